The van der Waals surface area contributed by atoms with Crippen LogP contribution >= 0.6 is 0 Å². The average molecular weight is 275 g/mol. The molecule has 0 radical (unpaired) electrons. The summed E-state index contributed by atoms with van der Waals surface area (Å²) in [6.45, 7) is 1.84. The Morgan fingerprint density at radius 3 is 2.37 bits per heavy atom. The molecule has 1 rings (SSSR count). The molecule has 6 heteroatoms. The monoisotopic (exact) mass is 275 g/mol. The largest absolute Gasteiger partial charge is 0.416 e. The van der Waals surface area contributed by atoms with E-state index in [-0.39, 0.29) is 12.5 Å². The highest BCUT2D eigenvalue weighted by Gasteiger charge is 2.30. The fourth-order valence-electron chi connectivity index (χ4n) is 1.54. The van der Waals surface area contributed by atoms with Gasteiger partial charge in [-0.25, -0.2) is 0 Å². The first kappa shape index (κ1) is 15.5. The standard InChI is InChI=1S/C13H16F3NO2/c1-2-3-12(19)17-8-11(18)9-4-6-10(7-5-9)13(14,15)16/h4-7,11,18H,2-3,8H2,1H3,(H,17,19). The molecule has 1 aromatic rings. The highest BCUT2D eigenvalue weighted by molar-refractivity contribution is 5.75. The van der Waals surface area contributed by atoms with E-state index in [1.54, 1.807) is 0 Å². The van der Waals surface area contributed by atoms with Gasteiger partial charge in [-0.1, -0.05) is 19.1 Å². The molecule has 2 N–H and O–H groups in total. The highest BCUT2D eigenvalue weighted by Crippen LogP contribution is 2.29. The second-order valence-electron chi connectivity index (χ2n) is 4.19. The molecule has 0 aliphatic carbocycles. The van der Waals surface area contributed by atoms with Gasteiger partial charge in [-0.05, 0) is 24.1 Å². The zero-order valence-electron chi connectivity index (χ0n) is 10.5. The number of alkyl halides is 3. The average Bonchev–Trinajstić information content (AvgIpc) is 2.35. The minimum absolute atomic E-state index is 0.00972. The second kappa shape index (κ2) is 6.56. The number of aliphatic hydroxyl groups is 1. The number of amides is 1. The first-order chi connectivity index (χ1) is 8.84. The summed E-state index contributed by atoms with van der Waals surface area (Å²) >= 11 is 0. The zero-order chi connectivity index (χ0) is 14.5. The SMILES string of the molecule is CCCC(=O)NCC(O)c1ccc(C(F)(F)F)cc1. The lowest BCUT2D eigenvalue weighted by Gasteiger charge is -2.13. The number of nitrogens with one attached hydrogen (secondary N) is 1. The van der Waals surface area contributed by atoms with E-state index in [2.05, 4.69) is 5.32 Å². The highest BCUT2D eigenvalue weighted by atomic mass is 19.4. The van der Waals surface area contributed by atoms with Crippen LogP contribution in [-0.2, 0) is 11.0 Å². The normalized spacial score (nSPS) is 13.1. The maximum Gasteiger partial charge on any atom is 0.416 e. The van der Waals surface area contributed by atoms with Crippen LogP contribution in [0.2, 0.25) is 0 Å². The summed E-state index contributed by atoms with van der Waals surface area (Å²) in [5.41, 5.74) is -0.428. The lowest BCUT2D eigenvalue weighted by atomic mass is 10.1. The molecule has 0 aromatic heterocycles. The van der Waals surface area contributed by atoms with E-state index in [0.717, 1.165) is 12.1 Å². The third kappa shape index (κ3) is 4.90. The summed E-state index contributed by atoms with van der Waals surface area (Å²) in [5, 5.41) is 12.3. The van der Waals surface area contributed by atoms with Crippen molar-refractivity contribution in [1.82, 2.24) is 5.32 Å². The topological polar surface area (TPSA) is 49.3 Å². The van der Waals surface area contributed by atoms with Gasteiger partial charge in [-0.3, -0.25) is 4.79 Å². The zero-order valence-corrected chi connectivity index (χ0v) is 10.5. The molecular weight excluding hydrogens is 259 g/mol. The summed E-state index contributed by atoms with van der Waals surface area (Å²) < 4.78 is 37.0. The van der Waals surface area contributed by atoms with E-state index in [1.165, 1.54) is 12.1 Å². The van der Waals surface area contributed by atoms with Gasteiger partial charge in [0.2, 0.25) is 5.91 Å². The molecule has 1 atom stereocenters. The number of hydrogen-bond donors (Lipinski definition) is 2. The van der Waals surface area contributed by atoms with Crippen LogP contribution in [0.3, 0.4) is 0 Å². The van der Waals surface area contributed by atoms with Gasteiger partial charge < -0.3 is 10.4 Å². The molecule has 0 heterocycles. The fourth-order valence-corrected chi connectivity index (χ4v) is 1.54. The molecular formula is C13H16F3NO2. The third-order valence-electron chi connectivity index (χ3n) is 2.59. The molecule has 0 saturated carbocycles. The minimum atomic E-state index is -4.39. The summed E-state index contributed by atoms with van der Waals surface area (Å²) in [6.07, 6.45) is -4.34. The van der Waals surface area contributed by atoms with Crippen molar-refractivity contribution in [3.8, 4) is 0 Å². The molecule has 0 saturated heterocycles. The van der Waals surface area contributed by atoms with Crippen LogP contribution in [0.15, 0.2) is 24.3 Å². The van der Waals surface area contributed by atoms with E-state index < -0.39 is 17.8 Å². The molecule has 0 fully saturated rings. The molecule has 1 amide bonds. The Balaban J connectivity index is 2.58. The number of carbonyl (C=O) groups is 1. The first-order valence-electron chi connectivity index (χ1n) is 5.96. The van der Waals surface area contributed by atoms with Crippen LogP contribution in [0.25, 0.3) is 0 Å². The maximum atomic E-state index is 12.3. The van der Waals surface area contributed by atoms with E-state index in [1.807, 2.05) is 6.92 Å². The fraction of sp³-hybridized carbons (Fsp3) is 0.462. The van der Waals surface area contributed by atoms with Crippen LogP contribution in [0.4, 0.5) is 13.2 Å². The van der Waals surface area contributed by atoms with Crippen molar-refractivity contribution in [3.05, 3.63) is 35.4 Å². The molecule has 0 aliphatic heterocycles. The lowest BCUT2D eigenvalue weighted by molar-refractivity contribution is -0.137. The van der Waals surface area contributed by atoms with E-state index in [4.69, 9.17) is 0 Å². The van der Waals surface area contributed by atoms with Crippen molar-refractivity contribution in [3.63, 3.8) is 0 Å². The number of halogens is 3. The number of carbonyl (C=O) groups excluding carboxylic acids is 1. The van der Waals surface area contributed by atoms with Gasteiger partial charge in [0.25, 0.3) is 0 Å². The van der Waals surface area contributed by atoms with Crippen LogP contribution in [0.5, 0.6) is 0 Å². The van der Waals surface area contributed by atoms with Gasteiger partial charge in [0.1, 0.15) is 0 Å². The van der Waals surface area contributed by atoms with E-state index in [9.17, 15) is 23.1 Å². The number of hydrogen-bond acceptors (Lipinski definition) is 2. The predicted octanol–water partition coefficient (Wildman–Crippen LogP) is 2.66. The van der Waals surface area contributed by atoms with Gasteiger partial charge in [0, 0.05) is 13.0 Å². The summed E-state index contributed by atoms with van der Waals surface area (Å²) in [5.74, 6) is -0.187. The molecule has 0 spiro atoms. The molecule has 19 heavy (non-hydrogen) atoms. The molecule has 0 bridgehead atoms. The van der Waals surface area contributed by atoms with Crippen LogP contribution in [0.1, 0.15) is 37.0 Å². The minimum Gasteiger partial charge on any atom is -0.387 e. The Labute approximate surface area is 109 Å². The first-order valence-corrected chi connectivity index (χ1v) is 5.96. The van der Waals surface area contributed by atoms with Gasteiger partial charge in [0.15, 0.2) is 0 Å². The maximum absolute atomic E-state index is 12.3. The van der Waals surface area contributed by atoms with Gasteiger partial charge >= 0.3 is 6.18 Å². The van der Waals surface area contributed by atoms with E-state index >= 15 is 0 Å². The molecule has 1 aromatic carbocycles. The van der Waals surface area contributed by atoms with E-state index in [0.29, 0.717) is 18.4 Å². The van der Waals surface area contributed by atoms with Gasteiger partial charge in [-0.2, -0.15) is 13.2 Å². The molecule has 106 valence electrons. The Kier molecular flexibility index (Phi) is 5.35. The van der Waals surface area contributed by atoms with Crippen LogP contribution < -0.4 is 5.32 Å². The van der Waals surface area contributed by atoms with Crippen LogP contribution in [0, 0.1) is 0 Å². The lowest BCUT2D eigenvalue weighted by Crippen LogP contribution is -2.27. The smallest absolute Gasteiger partial charge is 0.387 e. The van der Waals surface area contributed by atoms with Gasteiger partial charge in [0.05, 0.1) is 11.7 Å². The Morgan fingerprint density at radius 1 is 1.32 bits per heavy atom. The number of rotatable bonds is 5. The molecule has 0 aliphatic rings. The number of benzene rings is 1. The quantitative estimate of drug-likeness (QED) is 0.868. The van der Waals surface area contributed by atoms with Crippen molar-refractivity contribution in [1.29, 1.82) is 0 Å². The van der Waals surface area contributed by atoms with Crippen molar-refractivity contribution in [2.24, 2.45) is 0 Å². The van der Waals surface area contributed by atoms with Crippen molar-refractivity contribution in [2.75, 3.05) is 6.54 Å². The van der Waals surface area contributed by atoms with Crippen LogP contribution in [-0.4, -0.2) is 17.6 Å². The van der Waals surface area contributed by atoms with Gasteiger partial charge in [-0.15, -0.1) is 0 Å². The summed E-state index contributed by atoms with van der Waals surface area (Å²) in [6, 6.07) is 4.23. The van der Waals surface area contributed by atoms with Crippen molar-refractivity contribution < 1.29 is 23.1 Å². The summed E-state index contributed by atoms with van der Waals surface area (Å²) in [4.78, 5) is 11.2. The molecule has 1 unspecified atom stereocenters. The molecule has 3 nitrogen and oxygen atoms in total. The van der Waals surface area contributed by atoms with Crippen molar-refractivity contribution in [2.45, 2.75) is 32.0 Å². The Hall–Kier alpha value is -1.56. The summed E-state index contributed by atoms with van der Waals surface area (Å²) in [7, 11) is 0. The Morgan fingerprint density at radius 2 is 1.89 bits per heavy atom. The second-order valence-corrected chi connectivity index (χ2v) is 4.19. The van der Waals surface area contributed by atoms with Crippen molar-refractivity contribution >= 4 is 5.91 Å². The predicted molar refractivity (Wildman–Crippen MR) is 64.3 cm³/mol. The number of aliphatic hydroxyl groups excluding tert-OH is 1. The Bertz CT molecular complexity index is 415. The third-order valence-corrected chi connectivity index (χ3v) is 2.59.